The zero-order valence-corrected chi connectivity index (χ0v) is 17.4. The maximum absolute atomic E-state index is 12.5. The second-order valence-electron chi connectivity index (χ2n) is 8.26. The van der Waals surface area contributed by atoms with E-state index >= 15 is 0 Å². The van der Waals surface area contributed by atoms with E-state index in [2.05, 4.69) is 26.8 Å². The monoisotopic (exact) mass is 400 g/mol. The van der Waals surface area contributed by atoms with Crippen molar-refractivity contribution >= 4 is 34.3 Å². The van der Waals surface area contributed by atoms with Crippen LogP contribution in [0.4, 0.5) is 11.6 Å². The van der Waals surface area contributed by atoms with Gasteiger partial charge in [-0.15, -0.1) is 0 Å². The number of aryl methyl sites for hydroxylation is 1. The van der Waals surface area contributed by atoms with E-state index in [-0.39, 0.29) is 11.1 Å². The summed E-state index contributed by atoms with van der Waals surface area (Å²) in [5, 5.41) is 5.64. The summed E-state index contributed by atoms with van der Waals surface area (Å²) in [6.07, 6.45) is 1.59. The van der Waals surface area contributed by atoms with Crippen molar-refractivity contribution in [2.75, 3.05) is 36.0 Å². The Morgan fingerprint density at radius 2 is 1.79 bits per heavy atom. The van der Waals surface area contributed by atoms with E-state index in [0.717, 1.165) is 36.9 Å². The van der Waals surface area contributed by atoms with E-state index in [9.17, 15) is 4.79 Å². The molecule has 1 saturated heterocycles. The Morgan fingerprint density at radius 1 is 1.11 bits per heavy atom. The molecule has 0 saturated carbocycles. The van der Waals surface area contributed by atoms with Gasteiger partial charge in [-0.2, -0.15) is 10.1 Å². The van der Waals surface area contributed by atoms with Gasteiger partial charge in [0.05, 0.1) is 11.7 Å². The lowest BCUT2D eigenvalue weighted by Crippen LogP contribution is -2.47. The van der Waals surface area contributed by atoms with E-state index in [1.54, 1.807) is 6.20 Å². The number of anilines is 2. The van der Waals surface area contributed by atoms with Gasteiger partial charge in [0.1, 0.15) is 5.39 Å². The molecule has 0 atom stereocenters. The van der Waals surface area contributed by atoms with Gasteiger partial charge in [-0.05, 0) is 45.4 Å². The predicted octanol–water partition coefficient (Wildman–Crippen LogP) is 3.16. The molecule has 1 N–H and O–H groups in total. The van der Waals surface area contributed by atoms with Gasteiger partial charge in [-0.25, -0.2) is 4.68 Å². The zero-order valence-electron chi connectivity index (χ0n) is 16.7. The standard InChI is InChI=1S/C20H25ClN6O/c1-13-5-6-14(21)11-16(13)25-7-9-26(10-8-25)19-23-17-15(18(28)24-19)12-22-27(17)20(2,3)4/h5-6,11-12H,7-10H2,1-4H3,(H,23,24,28). The molecule has 1 aromatic carbocycles. The summed E-state index contributed by atoms with van der Waals surface area (Å²) in [6, 6.07) is 5.98. The van der Waals surface area contributed by atoms with Crippen LogP contribution in [0.5, 0.6) is 0 Å². The summed E-state index contributed by atoms with van der Waals surface area (Å²) in [5.41, 5.74) is 2.60. The molecule has 148 valence electrons. The third-order valence-electron chi connectivity index (χ3n) is 5.15. The number of halogens is 1. The summed E-state index contributed by atoms with van der Waals surface area (Å²) in [4.78, 5) is 24.7. The van der Waals surface area contributed by atoms with Crippen molar-refractivity contribution < 1.29 is 0 Å². The number of benzene rings is 1. The fraction of sp³-hybridized carbons (Fsp3) is 0.450. The minimum absolute atomic E-state index is 0.149. The molecule has 7 nitrogen and oxygen atoms in total. The number of aromatic nitrogens is 4. The van der Waals surface area contributed by atoms with Crippen molar-refractivity contribution in [2.45, 2.75) is 33.2 Å². The number of rotatable bonds is 2. The lowest BCUT2D eigenvalue weighted by atomic mass is 10.1. The number of hydrogen-bond donors (Lipinski definition) is 1. The van der Waals surface area contributed by atoms with Gasteiger partial charge in [-0.1, -0.05) is 17.7 Å². The molecule has 0 radical (unpaired) electrons. The van der Waals surface area contributed by atoms with Crippen LogP contribution in [0.15, 0.2) is 29.2 Å². The SMILES string of the molecule is Cc1ccc(Cl)cc1N1CCN(c2nc3c(cnn3C(C)(C)C)c(=O)[nH]2)CC1. The number of nitrogens with one attached hydrogen (secondary N) is 1. The van der Waals surface area contributed by atoms with Gasteiger partial charge in [0.15, 0.2) is 5.65 Å². The number of fused-ring (bicyclic) bond motifs is 1. The zero-order chi connectivity index (χ0) is 20.1. The van der Waals surface area contributed by atoms with Gasteiger partial charge >= 0.3 is 0 Å². The lowest BCUT2D eigenvalue weighted by Gasteiger charge is -2.37. The molecule has 0 spiro atoms. The highest BCUT2D eigenvalue weighted by Gasteiger charge is 2.24. The molecule has 1 aliphatic rings. The van der Waals surface area contributed by atoms with Gasteiger partial charge in [0, 0.05) is 36.9 Å². The number of piperazine rings is 1. The predicted molar refractivity (Wildman–Crippen MR) is 114 cm³/mol. The number of H-pyrrole nitrogens is 1. The van der Waals surface area contributed by atoms with Gasteiger partial charge < -0.3 is 9.80 Å². The highest BCUT2D eigenvalue weighted by atomic mass is 35.5. The second-order valence-corrected chi connectivity index (χ2v) is 8.70. The van der Waals surface area contributed by atoms with Crippen LogP contribution in [-0.4, -0.2) is 45.9 Å². The first-order chi connectivity index (χ1) is 13.2. The van der Waals surface area contributed by atoms with Gasteiger partial charge in [0.2, 0.25) is 5.95 Å². The van der Waals surface area contributed by atoms with Crippen LogP contribution in [0.3, 0.4) is 0 Å². The van der Waals surface area contributed by atoms with E-state index in [1.807, 2.05) is 43.7 Å². The molecule has 0 amide bonds. The van der Waals surface area contributed by atoms with Crippen LogP contribution in [-0.2, 0) is 5.54 Å². The highest BCUT2D eigenvalue weighted by Crippen LogP contribution is 2.26. The molecule has 1 fully saturated rings. The van der Waals surface area contributed by atoms with Gasteiger partial charge in [-0.3, -0.25) is 9.78 Å². The second kappa shape index (κ2) is 6.81. The van der Waals surface area contributed by atoms with Crippen LogP contribution in [0.2, 0.25) is 5.02 Å². The smallest absolute Gasteiger partial charge is 0.263 e. The van der Waals surface area contributed by atoms with Crippen LogP contribution < -0.4 is 15.4 Å². The van der Waals surface area contributed by atoms with Crippen LogP contribution >= 0.6 is 11.6 Å². The molecule has 0 unspecified atom stereocenters. The maximum Gasteiger partial charge on any atom is 0.263 e. The normalized spacial score (nSPS) is 15.5. The maximum atomic E-state index is 12.5. The van der Waals surface area contributed by atoms with E-state index < -0.39 is 0 Å². The van der Waals surface area contributed by atoms with Crippen molar-refractivity contribution in [2.24, 2.45) is 0 Å². The molecular weight excluding hydrogens is 376 g/mol. The van der Waals surface area contributed by atoms with Crippen LogP contribution in [0.1, 0.15) is 26.3 Å². The molecule has 8 heteroatoms. The molecular formula is C20H25ClN6O. The molecule has 28 heavy (non-hydrogen) atoms. The van der Waals surface area contributed by atoms with Crippen molar-refractivity contribution in [3.8, 4) is 0 Å². The van der Waals surface area contributed by atoms with Crippen LogP contribution in [0, 0.1) is 6.92 Å². The first kappa shape index (κ1) is 18.8. The first-order valence-corrected chi connectivity index (χ1v) is 9.86. The third kappa shape index (κ3) is 3.35. The molecule has 0 aliphatic carbocycles. The Bertz CT molecular complexity index is 1070. The van der Waals surface area contributed by atoms with Crippen molar-refractivity contribution in [1.82, 2.24) is 19.7 Å². The molecule has 3 aromatic rings. The Hall–Kier alpha value is -2.54. The minimum Gasteiger partial charge on any atom is -0.368 e. The quantitative estimate of drug-likeness (QED) is 0.715. The number of aromatic amines is 1. The van der Waals surface area contributed by atoms with Crippen LogP contribution in [0.25, 0.3) is 11.0 Å². The Morgan fingerprint density at radius 3 is 2.46 bits per heavy atom. The largest absolute Gasteiger partial charge is 0.368 e. The summed E-state index contributed by atoms with van der Waals surface area (Å²) in [7, 11) is 0. The Labute approximate surface area is 168 Å². The molecule has 2 aromatic heterocycles. The summed E-state index contributed by atoms with van der Waals surface area (Å²) < 4.78 is 1.81. The minimum atomic E-state index is -0.247. The fourth-order valence-corrected chi connectivity index (χ4v) is 3.80. The molecule has 1 aliphatic heterocycles. The summed E-state index contributed by atoms with van der Waals surface area (Å²) >= 11 is 6.18. The Kier molecular flexibility index (Phi) is 4.57. The highest BCUT2D eigenvalue weighted by molar-refractivity contribution is 6.30. The van der Waals surface area contributed by atoms with Crippen molar-refractivity contribution in [3.63, 3.8) is 0 Å². The third-order valence-corrected chi connectivity index (χ3v) is 5.39. The number of nitrogens with zero attached hydrogens (tertiary/aromatic N) is 5. The Balaban J connectivity index is 1.60. The van der Waals surface area contributed by atoms with E-state index in [0.29, 0.717) is 17.0 Å². The molecule has 0 bridgehead atoms. The van der Waals surface area contributed by atoms with Crippen molar-refractivity contribution in [1.29, 1.82) is 0 Å². The summed E-state index contributed by atoms with van der Waals surface area (Å²) in [6.45, 7) is 11.5. The number of hydrogen-bond acceptors (Lipinski definition) is 5. The molecule has 4 rings (SSSR count). The van der Waals surface area contributed by atoms with E-state index in [4.69, 9.17) is 16.6 Å². The summed E-state index contributed by atoms with van der Waals surface area (Å²) in [5.74, 6) is 0.603. The first-order valence-electron chi connectivity index (χ1n) is 9.48. The fourth-order valence-electron chi connectivity index (χ4n) is 3.63. The average molecular weight is 401 g/mol. The van der Waals surface area contributed by atoms with Crippen molar-refractivity contribution in [3.05, 3.63) is 45.3 Å². The lowest BCUT2D eigenvalue weighted by molar-refractivity contribution is 0.366. The van der Waals surface area contributed by atoms with Gasteiger partial charge in [0.25, 0.3) is 5.56 Å². The van der Waals surface area contributed by atoms with E-state index in [1.165, 1.54) is 5.56 Å². The molecule has 3 heterocycles. The average Bonchev–Trinajstić information content (AvgIpc) is 3.09. The topological polar surface area (TPSA) is 70.1 Å².